The zero-order valence-electron chi connectivity index (χ0n) is 12.2. The van der Waals surface area contributed by atoms with E-state index >= 15 is 0 Å². The zero-order chi connectivity index (χ0) is 14.6. The number of nitrogens with one attached hydrogen (secondary N) is 1. The molecule has 2 N–H and O–H groups in total. The van der Waals surface area contributed by atoms with Gasteiger partial charge in [0.25, 0.3) is 0 Å². The molecule has 5 heteroatoms. The summed E-state index contributed by atoms with van der Waals surface area (Å²) in [6, 6.07) is 0.0311. The van der Waals surface area contributed by atoms with E-state index in [9.17, 15) is 9.59 Å². The van der Waals surface area contributed by atoms with Crippen molar-refractivity contribution in [2.24, 2.45) is 11.3 Å². The van der Waals surface area contributed by atoms with Gasteiger partial charge in [-0.25, -0.2) is 0 Å². The number of carbonyl (C=O) groups is 2. The van der Waals surface area contributed by atoms with Crippen molar-refractivity contribution < 1.29 is 19.4 Å². The van der Waals surface area contributed by atoms with E-state index in [1.165, 1.54) is 0 Å². The third kappa shape index (κ3) is 3.32. The number of ether oxygens (including phenoxy) is 1. The molecule has 1 amide bonds. The van der Waals surface area contributed by atoms with Crippen LogP contribution in [0.2, 0.25) is 0 Å². The van der Waals surface area contributed by atoms with Gasteiger partial charge in [0, 0.05) is 19.8 Å². The number of carboxylic acids is 1. The van der Waals surface area contributed by atoms with Gasteiger partial charge in [0.05, 0.1) is 11.3 Å². The van der Waals surface area contributed by atoms with E-state index < -0.39 is 5.97 Å². The van der Waals surface area contributed by atoms with Crippen molar-refractivity contribution in [2.75, 3.05) is 13.7 Å². The highest BCUT2D eigenvalue weighted by Gasteiger charge is 2.42. The fourth-order valence-corrected chi connectivity index (χ4v) is 3.62. The smallest absolute Gasteiger partial charge is 0.306 e. The summed E-state index contributed by atoms with van der Waals surface area (Å²) >= 11 is 0. The first kappa shape index (κ1) is 15.3. The normalized spacial score (nSPS) is 28.4. The van der Waals surface area contributed by atoms with Crippen molar-refractivity contribution >= 4 is 11.9 Å². The zero-order valence-corrected chi connectivity index (χ0v) is 12.2. The van der Waals surface area contributed by atoms with E-state index in [2.05, 4.69) is 5.32 Å². The molecule has 0 aromatic rings. The molecule has 5 nitrogen and oxygen atoms in total. The topological polar surface area (TPSA) is 75.6 Å². The number of aliphatic carboxylic acids is 1. The molecule has 0 aromatic carbocycles. The first-order valence-corrected chi connectivity index (χ1v) is 7.60. The first-order valence-electron chi connectivity index (χ1n) is 7.60. The molecule has 0 aromatic heterocycles. The van der Waals surface area contributed by atoms with E-state index in [-0.39, 0.29) is 23.3 Å². The van der Waals surface area contributed by atoms with Crippen LogP contribution >= 0.6 is 0 Å². The van der Waals surface area contributed by atoms with Crippen LogP contribution in [0.25, 0.3) is 0 Å². The minimum atomic E-state index is -0.739. The fraction of sp³-hybridized carbons (Fsp3) is 0.867. The lowest BCUT2D eigenvalue weighted by Gasteiger charge is -2.29. The van der Waals surface area contributed by atoms with Gasteiger partial charge >= 0.3 is 5.97 Å². The molecular formula is C15H25NO4. The second-order valence-corrected chi connectivity index (χ2v) is 6.25. The summed E-state index contributed by atoms with van der Waals surface area (Å²) in [4.78, 5) is 23.6. The van der Waals surface area contributed by atoms with Crippen LogP contribution in [0.1, 0.15) is 51.4 Å². The van der Waals surface area contributed by atoms with Crippen molar-refractivity contribution in [3.05, 3.63) is 0 Å². The summed E-state index contributed by atoms with van der Waals surface area (Å²) in [6.45, 7) is 0.607. The molecule has 2 aliphatic rings. The minimum absolute atomic E-state index is 0.0311. The molecule has 0 bridgehead atoms. The maximum atomic E-state index is 12.6. The Bertz CT molecular complexity index is 363. The van der Waals surface area contributed by atoms with Crippen LogP contribution in [0.3, 0.4) is 0 Å². The van der Waals surface area contributed by atoms with E-state index in [0.717, 1.165) is 38.5 Å². The van der Waals surface area contributed by atoms with Crippen molar-refractivity contribution in [2.45, 2.75) is 57.4 Å². The lowest BCUT2D eigenvalue weighted by molar-refractivity contribution is -0.141. The predicted octanol–water partition coefficient (Wildman–Crippen LogP) is 1.95. The van der Waals surface area contributed by atoms with Crippen LogP contribution in [0.4, 0.5) is 0 Å². The van der Waals surface area contributed by atoms with Gasteiger partial charge in [0.2, 0.25) is 5.91 Å². The Balaban J connectivity index is 1.91. The number of hydrogen-bond acceptors (Lipinski definition) is 3. The van der Waals surface area contributed by atoms with Crippen LogP contribution in [-0.2, 0) is 14.3 Å². The Morgan fingerprint density at radius 3 is 2.55 bits per heavy atom. The van der Waals surface area contributed by atoms with Crippen molar-refractivity contribution in [1.29, 1.82) is 0 Å². The van der Waals surface area contributed by atoms with Crippen LogP contribution in [0, 0.1) is 11.3 Å². The molecule has 2 rings (SSSR count). The van der Waals surface area contributed by atoms with E-state index in [1.807, 2.05) is 0 Å². The number of rotatable bonds is 6. The summed E-state index contributed by atoms with van der Waals surface area (Å²) in [7, 11) is 1.66. The minimum Gasteiger partial charge on any atom is -0.481 e. The number of amides is 1. The van der Waals surface area contributed by atoms with Gasteiger partial charge in [0.15, 0.2) is 0 Å². The molecular weight excluding hydrogens is 258 g/mol. The number of carbonyl (C=O) groups excluding carboxylic acids is 1. The van der Waals surface area contributed by atoms with Gasteiger partial charge in [-0.1, -0.05) is 12.8 Å². The largest absolute Gasteiger partial charge is 0.481 e. The molecule has 0 unspecified atom stereocenters. The van der Waals surface area contributed by atoms with Gasteiger partial charge in [0.1, 0.15) is 0 Å². The third-order valence-electron chi connectivity index (χ3n) is 4.94. The van der Waals surface area contributed by atoms with E-state index in [4.69, 9.17) is 9.84 Å². The van der Waals surface area contributed by atoms with Crippen molar-refractivity contribution in [1.82, 2.24) is 5.32 Å². The van der Waals surface area contributed by atoms with Crippen molar-refractivity contribution in [3.63, 3.8) is 0 Å². The molecule has 0 spiro atoms. The van der Waals surface area contributed by atoms with Crippen LogP contribution < -0.4 is 5.32 Å². The monoisotopic (exact) mass is 283 g/mol. The first-order chi connectivity index (χ1) is 9.57. The summed E-state index contributed by atoms with van der Waals surface area (Å²) in [5.41, 5.74) is -0.280. The quantitative estimate of drug-likeness (QED) is 0.781. The molecule has 0 heterocycles. The van der Waals surface area contributed by atoms with Gasteiger partial charge in [-0.2, -0.15) is 0 Å². The Morgan fingerprint density at radius 1 is 1.30 bits per heavy atom. The average Bonchev–Trinajstić information content (AvgIpc) is 3.05. The third-order valence-corrected chi connectivity index (χ3v) is 4.94. The van der Waals surface area contributed by atoms with Crippen LogP contribution in [0.15, 0.2) is 0 Å². The van der Waals surface area contributed by atoms with Gasteiger partial charge in [-0.15, -0.1) is 0 Å². The lowest BCUT2D eigenvalue weighted by atomic mass is 9.81. The second kappa shape index (κ2) is 6.57. The summed E-state index contributed by atoms with van der Waals surface area (Å²) in [5, 5.41) is 12.1. The van der Waals surface area contributed by atoms with E-state index in [0.29, 0.717) is 19.4 Å². The standard InChI is InChI=1S/C15H25NO4/c1-20-9-8-15(6-2-3-7-15)14(19)16-12-5-4-11(10-12)13(17)18/h11-12H,2-10H2,1H3,(H,16,19)(H,17,18)/t11-,12+/m0/s1. The van der Waals surface area contributed by atoms with Crippen LogP contribution in [-0.4, -0.2) is 36.7 Å². The molecule has 2 saturated carbocycles. The molecule has 0 saturated heterocycles. The Kier molecular flexibility index (Phi) is 5.02. The highest BCUT2D eigenvalue weighted by atomic mass is 16.5. The second-order valence-electron chi connectivity index (χ2n) is 6.25. The molecule has 2 fully saturated rings. The lowest BCUT2D eigenvalue weighted by Crippen LogP contribution is -2.44. The number of carboxylic acid groups (broad SMARTS) is 1. The molecule has 2 aliphatic carbocycles. The Hall–Kier alpha value is -1.10. The highest BCUT2D eigenvalue weighted by Crippen LogP contribution is 2.42. The Morgan fingerprint density at radius 2 is 2.00 bits per heavy atom. The van der Waals surface area contributed by atoms with Gasteiger partial charge < -0.3 is 15.2 Å². The molecule has 2 atom stereocenters. The summed E-state index contributed by atoms with van der Waals surface area (Å²) in [5.74, 6) is -0.918. The Labute approximate surface area is 120 Å². The number of methoxy groups -OCH3 is 1. The predicted molar refractivity (Wildman–Crippen MR) is 74.3 cm³/mol. The van der Waals surface area contributed by atoms with E-state index in [1.54, 1.807) is 7.11 Å². The molecule has 114 valence electrons. The van der Waals surface area contributed by atoms with Gasteiger partial charge in [-0.05, 0) is 38.5 Å². The van der Waals surface area contributed by atoms with Crippen LogP contribution in [0.5, 0.6) is 0 Å². The average molecular weight is 283 g/mol. The summed E-state index contributed by atoms with van der Waals surface area (Å²) in [6.07, 6.45) is 6.84. The van der Waals surface area contributed by atoms with Crippen molar-refractivity contribution in [3.8, 4) is 0 Å². The SMILES string of the molecule is COCCC1(C(=O)N[C@@H]2CC[C@H](C(=O)O)C2)CCCC1. The number of hydrogen-bond donors (Lipinski definition) is 2. The fourth-order valence-electron chi connectivity index (χ4n) is 3.62. The molecule has 20 heavy (non-hydrogen) atoms. The molecule has 0 aliphatic heterocycles. The maximum Gasteiger partial charge on any atom is 0.306 e. The highest BCUT2D eigenvalue weighted by molar-refractivity contribution is 5.83. The summed E-state index contributed by atoms with van der Waals surface area (Å²) < 4.78 is 5.14. The maximum absolute atomic E-state index is 12.6. The molecule has 0 radical (unpaired) electrons. The van der Waals surface area contributed by atoms with Gasteiger partial charge in [-0.3, -0.25) is 9.59 Å².